The number of nitrogens with zero attached hydrogens (tertiary/aromatic N) is 5. The summed E-state index contributed by atoms with van der Waals surface area (Å²) in [5.74, 6) is -0.300. The van der Waals surface area contributed by atoms with Crippen LogP contribution in [0.4, 0.5) is 0 Å². The Morgan fingerprint density at radius 2 is 2.06 bits per heavy atom. The molecule has 1 saturated heterocycles. The van der Waals surface area contributed by atoms with Crippen LogP contribution >= 0.6 is 0 Å². The Morgan fingerprint density at radius 3 is 2.67 bits per heavy atom. The Balaban J connectivity index is 2.05. The van der Waals surface area contributed by atoms with E-state index in [1.807, 2.05) is 0 Å². The minimum absolute atomic E-state index is 0.634. The molecule has 18 heavy (non-hydrogen) atoms. The third kappa shape index (κ3) is 2.50. The maximum Gasteiger partial charge on any atom is 0.331 e. The van der Waals surface area contributed by atoms with Gasteiger partial charge in [0.15, 0.2) is 11.4 Å². The molecule has 1 aliphatic heterocycles. The maximum atomic E-state index is 11.2. The number of carbonyl (C=O) groups is 1. The molecule has 1 fully saturated rings. The van der Waals surface area contributed by atoms with Crippen LogP contribution in [-0.2, 0) is 16.8 Å². The second kappa shape index (κ2) is 5.01. The van der Waals surface area contributed by atoms with Crippen LogP contribution in [0, 0.1) is 0 Å². The van der Waals surface area contributed by atoms with Crippen molar-refractivity contribution < 1.29 is 9.90 Å². The summed E-state index contributed by atoms with van der Waals surface area (Å²) in [6, 6.07) is 0. The number of aliphatic carboxylic acids is 1. The molecule has 7 heteroatoms. The van der Waals surface area contributed by atoms with Crippen LogP contribution in [0.15, 0.2) is 0 Å². The van der Waals surface area contributed by atoms with E-state index in [1.54, 1.807) is 13.8 Å². The molecule has 1 aliphatic rings. The summed E-state index contributed by atoms with van der Waals surface area (Å²) < 4.78 is 1.41. The van der Waals surface area contributed by atoms with Crippen molar-refractivity contribution >= 4 is 5.97 Å². The lowest BCUT2D eigenvalue weighted by atomic mass is 10.1. The zero-order valence-electron chi connectivity index (χ0n) is 10.8. The van der Waals surface area contributed by atoms with Gasteiger partial charge in [-0.05, 0) is 50.2 Å². The van der Waals surface area contributed by atoms with E-state index in [9.17, 15) is 9.90 Å². The van der Waals surface area contributed by atoms with Gasteiger partial charge in [0.1, 0.15) is 0 Å². The molecule has 0 unspecified atom stereocenters. The summed E-state index contributed by atoms with van der Waals surface area (Å²) >= 11 is 0. The summed E-state index contributed by atoms with van der Waals surface area (Å²) in [5.41, 5.74) is -1.11. The number of carboxylic acid groups (broad SMARTS) is 1. The molecular formula is C11H19N5O2. The monoisotopic (exact) mass is 253 g/mol. The lowest BCUT2D eigenvalue weighted by Gasteiger charge is -2.21. The van der Waals surface area contributed by atoms with E-state index in [2.05, 4.69) is 20.4 Å². The smallest absolute Gasteiger partial charge is 0.331 e. The predicted molar refractivity (Wildman–Crippen MR) is 64.2 cm³/mol. The Morgan fingerprint density at radius 1 is 1.39 bits per heavy atom. The number of likely N-dealkylation sites (tertiary alicyclic amines) is 1. The summed E-state index contributed by atoms with van der Waals surface area (Å²) in [5, 5.41) is 20.5. The van der Waals surface area contributed by atoms with E-state index in [4.69, 9.17) is 0 Å². The number of hydrogen-bond acceptors (Lipinski definition) is 5. The first-order valence-corrected chi connectivity index (χ1v) is 6.25. The summed E-state index contributed by atoms with van der Waals surface area (Å²) in [7, 11) is 0. The van der Waals surface area contributed by atoms with Crippen LogP contribution < -0.4 is 0 Å². The van der Waals surface area contributed by atoms with Gasteiger partial charge in [0.05, 0.1) is 0 Å². The highest BCUT2D eigenvalue weighted by atomic mass is 16.4. The minimum Gasteiger partial charge on any atom is -0.479 e. The van der Waals surface area contributed by atoms with Crippen molar-refractivity contribution in [3.63, 3.8) is 0 Å². The largest absolute Gasteiger partial charge is 0.479 e. The molecule has 0 aliphatic carbocycles. The highest BCUT2D eigenvalue weighted by Crippen LogP contribution is 2.16. The van der Waals surface area contributed by atoms with Crippen LogP contribution in [-0.4, -0.2) is 55.8 Å². The van der Waals surface area contributed by atoms with E-state index < -0.39 is 11.5 Å². The fourth-order valence-electron chi connectivity index (χ4n) is 2.15. The molecule has 2 rings (SSSR count). The zero-order chi connectivity index (χ0) is 13.2. The second-order valence-corrected chi connectivity index (χ2v) is 5.17. The third-order valence-corrected chi connectivity index (χ3v) is 3.44. The van der Waals surface area contributed by atoms with Gasteiger partial charge in [-0.1, -0.05) is 0 Å². The average Bonchev–Trinajstić information content (AvgIpc) is 2.97. The average molecular weight is 253 g/mol. The Labute approximate surface area is 106 Å². The highest BCUT2D eigenvalue weighted by molar-refractivity contribution is 5.75. The van der Waals surface area contributed by atoms with Gasteiger partial charge in [0.2, 0.25) is 0 Å². The fourth-order valence-corrected chi connectivity index (χ4v) is 2.15. The first-order chi connectivity index (χ1) is 8.51. The minimum atomic E-state index is -1.11. The van der Waals surface area contributed by atoms with Crippen molar-refractivity contribution in [3.05, 3.63) is 5.82 Å². The van der Waals surface area contributed by atoms with Gasteiger partial charge >= 0.3 is 5.97 Å². The molecule has 0 aromatic carbocycles. The number of aromatic nitrogens is 4. The van der Waals surface area contributed by atoms with Gasteiger partial charge in [-0.2, -0.15) is 0 Å². The standard InChI is InChI=1S/C11H19N5O2/c1-11(2,10(17)18)16-9(12-13-14-16)5-8-15-6-3-4-7-15/h3-8H2,1-2H3,(H,17,18). The number of carboxylic acids is 1. The molecular weight excluding hydrogens is 234 g/mol. The Bertz CT molecular complexity index is 423. The van der Waals surface area contributed by atoms with E-state index in [1.165, 1.54) is 17.5 Å². The van der Waals surface area contributed by atoms with Crippen LogP contribution in [0.2, 0.25) is 0 Å². The van der Waals surface area contributed by atoms with Crippen molar-refractivity contribution in [2.45, 2.75) is 38.6 Å². The molecule has 1 aromatic heterocycles. The topological polar surface area (TPSA) is 84.1 Å². The summed E-state index contributed by atoms with van der Waals surface area (Å²) in [4.78, 5) is 13.6. The van der Waals surface area contributed by atoms with Gasteiger partial charge in [-0.15, -0.1) is 5.10 Å². The van der Waals surface area contributed by atoms with Crippen molar-refractivity contribution in [2.24, 2.45) is 0 Å². The highest BCUT2D eigenvalue weighted by Gasteiger charge is 2.33. The van der Waals surface area contributed by atoms with E-state index >= 15 is 0 Å². The second-order valence-electron chi connectivity index (χ2n) is 5.17. The molecule has 1 N–H and O–H groups in total. The first kappa shape index (κ1) is 12.9. The van der Waals surface area contributed by atoms with E-state index in [-0.39, 0.29) is 0 Å². The van der Waals surface area contributed by atoms with Crippen molar-refractivity contribution in [1.29, 1.82) is 0 Å². The van der Waals surface area contributed by atoms with Gasteiger partial charge in [-0.3, -0.25) is 0 Å². The molecule has 0 spiro atoms. The van der Waals surface area contributed by atoms with E-state index in [0.717, 1.165) is 19.6 Å². The molecule has 2 heterocycles. The van der Waals surface area contributed by atoms with Crippen LogP contribution in [0.1, 0.15) is 32.5 Å². The lowest BCUT2D eigenvalue weighted by molar-refractivity contribution is -0.146. The van der Waals surface area contributed by atoms with Gasteiger partial charge in [0.25, 0.3) is 0 Å². The zero-order valence-corrected chi connectivity index (χ0v) is 10.8. The van der Waals surface area contributed by atoms with Crippen molar-refractivity contribution in [2.75, 3.05) is 19.6 Å². The van der Waals surface area contributed by atoms with Gasteiger partial charge < -0.3 is 10.0 Å². The van der Waals surface area contributed by atoms with E-state index in [0.29, 0.717) is 12.2 Å². The molecule has 7 nitrogen and oxygen atoms in total. The fraction of sp³-hybridized carbons (Fsp3) is 0.818. The van der Waals surface area contributed by atoms with Crippen LogP contribution in [0.25, 0.3) is 0 Å². The van der Waals surface area contributed by atoms with Gasteiger partial charge in [-0.25, -0.2) is 9.48 Å². The quantitative estimate of drug-likeness (QED) is 0.803. The molecule has 0 radical (unpaired) electrons. The van der Waals surface area contributed by atoms with Crippen LogP contribution in [0.5, 0.6) is 0 Å². The Kier molecular flexibility index (Phi) is 3.60. The normalized spacial score (nSPS) is 17.2. The maximum absolute atomic E-state index is 11.2. The first-order valence-electron chi connectivity index (χ1n) is 6.25. The predicted octanol–water partition coefficient (Wildman–Crippen LogP) is 0.131. The molecule has 0 amide bonds. The number of hydrogen-bond donors (Lipinski definition) is 1. The molecule has 100 valence electrons. The summed E-state index contributed by atoms with van der Waals surface area (Å²) in [6.45, 7) is 6.32. The molecule has 1 aromatic rings. The third-order valence-electron chi connectivity index (χ3n) is 3.44. The summed E-state index contributed by atoms with van der Waals surface area (Å²) in [6.07, 6.45) is 3.17. The number of rotatable bonds is 5. The van der Waals surface area contributed by atoms with Crippen molar-refractivity contribution in [1.82, 2.24) is 25.1 Å². The Hall–Kier alpha value is -1.50. The van der Waals surface area contributed by atoms with Gasteiger partial charge in [0, 0.05) is 13.0 Å². The SMILES string of the molecule is CC(C)(C(=O)O)n1nnnc1CCN1CCCC1. The molecule has 0 saturated carbocycles. The van der Waals surface area contributed by atoms with Crippen LogP contribution in [0.3, 0.4) is 0 Å². The molecule has 0 atom stereocenters. The lowest BCUT2D eigenvalue weighted by Crippen LogP contribution is -2.38. The number of tetrazole rings is 1. The molecule has 0 bridgehead atoms. The van der Waals surface area contributed by atoms with Crippen molar-refractivity contribution in [3.8, 4) is 0 Å².